The lowest BCUT2D eigenvalue weighted by Gasteiger charge is -2.31. The minimum absolute atomic E-state index is 0.229. The minimum atomic E-state index is -0.271. The molecule has 0 fully saturated rings. The van der Waals surface area contributed by atoms with Gasteiger partial charge in [-0.05, 0) is 73.0 Å². The van der Waals surface area contributed by atoms with Crippen molar-refractivity contribution in [1.82, 2.24) is 15.3 Å². The first kappa shape index (κ1) is 18.6. The highest BCUT2D eigenvalue weighted by Crippen LogP contribution is 2.32. The van der Waals surface area contributed by atoms with Gasteiger partial charge in [0.05, 0.1) is 5.60 Å². The molecule has 4 aromatic rings. The van der Waals surface area contributed by atoms with E-state index in [-0.39, 0.29) is 11.8 Å². The summed E-state index contributed by atoms with van der Waals surface area (Å²) in [5.74, 6) is 0. The van der Waals surface area contributed by atoms with Crippen LogP contribution < -0.4 is 5.32 Å². The first-order chi connectivity index (χ1) is 14.5. The van der Waals surface area contributed by atoms with Gasteiger partial charge < -0.3 is 15.0 Å². The van der Waals surface area contributed by atoms with E-state index < -0.39 is 0 Å². The molecule has 5 rings (SSSR count). The van der Waals surface area contributed by atoms with E-state index in [9.17, 15) is 0 Å². The topological polar surface area (TPSA) is 49.9 Å². The molecule has 2 aromatic carbocycles. The maximum absolute atomic E-state index is 6.30. The molecular weight excluding hydrogens is 370 g/mol. The Morgan fingerprint density at radius 3 is 2.63 bits per heavy atom. The van der Waals surface area contributed by atoms with Crippen LogP contribution in [0.3, 0.4) is 0 Å². The molecule has 1 atom stereocenters. The van der Waals surface area contributed by atoms with Crippen molar-refractivity contribution in [3.05, 3.63) is 90.3 Å². The number of hydrogen-bond donors (Lipinski definition) is 2. The van der Waals surface area contributed by atoms with Gasteiger partial charge in [-0.25, -0.2) is 4.98 Å². The summed E-state index contributed by atoms with van der Waals surface area (Å²) in [6.07, 6.45) is 7.94. The monoisotopic (exact) mass is 395 g/mol. The van der Waals surface area contributed by atoms with Gasteiger partial charge in [0.1, 0.15) is 11.9 Å². The average molecular weight is 396 g/mol. The maximum atomic E-state index is 6.30. The molecule has 30 heavy (non-hydrogen) atoms. The Morgan fingerprint density at radius 1 is 0.967 bits per heavy atom. The van der Waals surface area contributed by atoms with Gasteiger partial charge in [-0.2, -0.15) is 0 Å². The lowest BCUT2D eigenvalue weighted by atomic mass is 9.97. The molecule has 0 amide bonds. The Labute approximate surface area is 176 Å². The fourth-order valence-corrected chi connectivity index (χ4v) is 3.93. The van der Waals surface area contributed by atoms with Crippen molar-refractivity contribution < 1.29 is 4.74 Å². The van der Waals surface area contributed by atoms with E-state index in [2.05, 4.69) is 96.7 Å². The Bertz CT molecular complexity index is 1290. The zero-order valence-corrected chi connectivity index (χ0v) is 17.4. The van der Waals surface area contributed by atoms with Crippen molar-refractivity contribution in [3.8, 4) is 0 Å². The minimum Gasteiger partial charge on any atom is -0.356 e. The molecular formula is C26H25N3O. The van der Waals surface area contributed by atoms with Crippen LogP contribution in [0.15, 0.2) is 79.1 Å². The Morgan fingerprint density at radius 2 is 1.80 bits per heavy atom. The zero-order valence-electron chi connectivity index (χ0n) is 17.4. The van der Waals surface area contributed by atoms with E-state index in [0.717, 1.165) is 33.4 Å². The molecule has 1 aliphatic heterocycles. The van der Waals surface area contributed by atoms with Crippen LogP contribution in [0.2, 0.25) is 0 Å². The van der Waals surface area contributed by atoms with Crippen molar-refractivity contribution in [2.24, 2.45) is 0 Å². The lowest BCUT2D eigenvalue weighted by molar-refractivity contribution is -0.0451. The van der Waals surface area contributed by atoms with Gasteiger partial charge in [0.25, 0.3) is 0 Å². The summed E-state index contributed by atoms with van der Waals surface area (Å²) in [6, 6.07) is 19.0. The number of nitrogens with zero attached hydrogens (tertiary/aromatic N) is 1. The summed E-state index contributed by atoms with van der Waals surface area (Å²) in [7, 11) is 0. The van der Waals surface area contributed by atoms with Crippen LogP contribution in [0, 0.1) is 0 Å². The number of allylic oxidation sites excluding steroid dienone is 2. The molecule has 0 bridgehead atoms. The summed E-state index contributed by atoms with van der Waals surface area (Å²) in [5.41, 5.74) is 5.05. The smallest absolute Gasteiger partial charge is 0.148 e. The Hall–Kier alpha value is -3.37. The van der Waals surface area contributed by atoms with Crippen LogP contribution >= 0.6 is 0 Å². The Balaban J connectivity index is 1.61. The van der Waals surface area contributed by atoms with Crippen LogP contribution in [-0.4, -0.2) is 21.8 Å². The van der Waals surface area contributed by atoms with E-state index >= 15 is 0 Å². The normalized spacial score (nSPS) is 17.0. The average Bonchev–Trinajstić information content (AvgIpc) is 3.16. The number of fused-ring (bicyclic) bond motifs is 2. The molecule has 0 spiro atoms. The lowest BCUT2D eigenvalue weighted by Crippen LogP contribution is -2.37. The van der Waals surface area contributed by atoms with E-state index in [1.807, 2.05) is 12.3 Å². The van der Waals surface area contributed by atoms with Crippen LogP contribution in [-0.2, 0) is 4.74 Å². The first-order valence-corrected chi connectivity index (χ1v) is 10.3. The summed E-state index contributed by atoms with van der Waals surface area (Å²) in [6.45, 7) is 6.23. The highest BCUT2D eigenvalue weighted by molar-refractivity contribution is 5.97. The fraction of sp³-hybridized carbons (Fsp3) is 0.192. The number of benzene rings is 2. The molecule has 0 radical (unpaired) electrons. The van der Waals surface area contributed by atoms with Crippen molar-refractivity contribution in [3.63, 3.8) is 0 Å². The van der Waals surface area contributed by atoms with Crippen LogP contribution in [0.1, 0.15) is 31.9 Å². The highest BCUT2D eigenvalue weighted by Gasteiger charge is 2.23. The van der Waals surface area contributed by atoms with Crippen LogP contribution in [0.4, 0.5) is 0 Å². The predicted molar refractivity (Wildman–Crippen MR) is 124 cm³/mol. The largest absolute Gasteiger partial charge is 0.356 e. The molecule has 2 N–H and O–H groups in total. The third-order valence-electron chi connectivity index (χ3n) is 5.23. The zero-order chi connectivity index (χ0) is 20.7. The summed E-state index contributed by atoms with van der Waals surface area (Å²) in [5, 5.41) is 7.13. The first-order valence-electron chi connectivity index (χ1n) is 10.3. The van der Waals surface area contributed by atoms with Crippen LogP contribution in [0.25, 0.3) is 33.1 Å². The van der Waals surface area contributed by atoms with Gasteiger partial charge >= 0.3 is 0 Å². The summed E-state index contributed by atoms with van der Waals surface area (Å²) in [4.78, 5) is 7.72. The number of dihydropyridines is 1. The third-order valence-corrected chi connectivity index (χ3v) is 5.23. The number of aromatic nitrogens is 2. The molecule has 150 valence electrons. The molecule has 4 heteroatoms. The van der Waals surface area contributed by atoms with E-state index in [0.29, 0.717) is 0 Å². The molecule has 1 unspecified atom stereocenters. The number of ether oxygens (including phenoxy) is 1. The SMILES string of the molecule is CC(C)(C)OC1C=C(c2c[nH]c3ncccc23)C=C(c2ccc3ccccc3c2)N1. The number of nitrogens with one attached hydrogen (secondary N) is 2. The summed E-state index contributed by atoms with van der Waals surface area (Å²) < 4.78 is 6.30. The highest BCUT2D eigenvalue weighted by atomic mass is 16.5. The Kier molecular flexibility index (Phi) is 4.44. The molecule has 3 heterocycles. The van der Waals surface area contributed by atoms with E-state index in [1.165, 1.54) is 10.8 Å². The summed E-state index contributed by atoms with van der Waals surface area (Å²) >= 11 is 0. The molecule has 0 saturated carbocycles. The number of hydrogen-bond acceptors (Lipinski definition) is 3. The van der Waals surface area contributed by atoms with Crippen molar-refractivity contribution in [2.75, 3.05) is 0 Å². The number of aromatic amines is 1. The van der Waals surface area contributed by atoms with Crippen molar-refractivity contribution in [1.29, 1.82) is 0 Å². The number of pyridine rings is 1. The number of H-pyrrole nitrogens is 1. The molecule has 4 nitrogen and oxygen atoms in total. The second kappa shape index (κ2) is 7.15. The maximum Gasteiger partial charge on any atom is 0.148 e. The molecule has 0 saturated heterocycles. The van der Waals surface area contributed by atoms with Gasteiger partial charge in [-0.15, -0.1) is 0 Å². The van der Waals surface area contributed by atoms with Gasteiger partial charge in [-0.1, -0.05) is 36.4 Å². The molecule has 0 aliphatic carbocycles. The second-order valence-corrected chi connectivity index (χ2v) is 8.64. The fourth-order valence-electron chi connectivity index (χ4n) is 3.93. The van der Waals surface area contributed by atoms with Crippen molar-refractivity contribution in [2.45, 2.75) is 32.6 Å². The van der Waals surface area contributed by atoms with Gasteiger partial charge in [0.15, 0.2) is 0 Å². The second-order valence-electron chi connectivity index (χ2n) is 8.64. The number of rotatable bonds is 3. The van der Waals surface area contributed by atoms with Crippen molar-refractivity contribution >= 4 is 33.1 Å². The van der Waals surface area contributed by atoms with Gasteiger partial charge in [0, 0.05) is 29.0 Å². The standard InChI is InChI=1S/C26H25N3O/c1-26(2,3)30-24-15-20(22-16-28-25-21(22)9-6-12-27-25)14-23(29-24)19-11-10-17-7-4-5-8-18(17)13-19/h4-16,24,29H,1-3H3,(H,27,28). The predicted octanol–water partition coefficient (Wildman–Crippen LogP) is 5.89. The molecule has 2 aromatic heterocycles. The van der Waals surface area contributed by atoms with Crippen LogP contribution in [0.5, 0.6) is 0 Å². The third kappa shape index (κ3) is 3.62. The van der Waals surface area contributed by atoms with Gasteiger partial charge in [-0.3, -0.25) is 0 Å². The molecule has 1 aliphatic rings. The quantitative estimate of drug-likeness (QED) is 0.455. The van der Waals surface area contributed by atoms with E-state index in [4.69, 9.17) is 4.74 Å². The van der Waals surface area contributed by atoms with E-state index in [1.54, 1.807) is 6.20 Å². The van der Waals surface area contributed by atoms with Gasteiger partial charge in [0.2, 0.25) is 0 Å².